The second-order valence-corrected chi connectivity index (χ2v) is 5.02. The van der Waals surface area contributed by atoms with E-state index in [1.807, 2.05) is 6.92 Å². The van der Waals surface area contributed by atoms with Gasteiger partial charge < -0.3 is 9.63 Å². The van der Waals surface area contributed by atoms with Crippen molar-refractivity contribution < 1.29 is 28.0 Å². The maximum absolute atomic E-state index is 12.1. The summed E-state index contributed by atoms with van der Waals surface area (Å²) in [4.78, 5) is 10.6. The van der Waals surface area contributed by atoms with Crippen molar-refractivity contribution in [2.24, 2.45) is 0 Å². The van der Waals surface area contributed by atoms with Gasteiger partial charge in [0.25, 0.3) is 0 Å². The van der Waals surface area contributed by atoms with Crippen molar-refractivity contribution in [2.45, 2.75) is 40.0 Å². The number of hydrogen-bond donors (Lipinski definition) is 1. The van der Waals surface area contributed by atoms with E-state index in [4.69, 9.17) is 18.7 Å². The lowest BCUT2D eigenvalue weighted by molar-refractivity contribution is -0.131. The molecule has 0 radical (unpaired) electrons. The van der Waals surface area contributed by atoms with Crippen molar-refractivity contribution >= 4 is 13.8 Å². The molecular weight excluding hydrogens is 259 g/mol. The van der Waals surface area contributed by atoms with Gasteiger partial charge in [-0.15, -0.1) is 0 Å². The summed E-state index contributed by atoms with van der Waals surface area (Å²) in [5.41, 5.74) is 0. The van der Waals surface area contributed by atoms with Crippen LogP contribution in [0.15, 0.2) is 11.8 Å². The Morgan fingerprint density at radius 1 is 1.22 bits per heavy atom. The van der Waals surface area contributed by atoms with E-state index in [0.717, 1.165) is 18.9 Å². The summed E-state index contributed by atoms with van der Waals surface area (Å²) in [5, 5.41) is 8.71. The molecule has 0 spiro atoms. The maximum atomic E-state index is 12.1. The summed E-state index contributed by atoms with van der Waals surface area (Å²) in [6, 6.07) is 0. The van der Waals surface area contributed by atoms with Crippen LogP contribution in [0, 0.1) is 0 Å². The average Bonchev–Trinajstić information content (AvgIpc) is 2.25. The molecule has 0 amide bonds. The molecule has 0 aliphatic rings. The molecule has 18 heavy (non-hydrogen) atoms. The van der Waals surface area contributed by atoms with Crippen LogP contribution in [-0.4, -0.2) is 24.3 Å². The highest BCUT2D eigenvalue weighted by atomic mass is 31.2. The number of phosphoric ester groups is 1. The summed E-state index contributed by atoms with van der Waals surface area (Å²) >= 11 is 0. The third kappa shape index (κ3) is 7.48. The third-order valence-corrected chi connectivity index (χ3v) is 3.47. The van der Waals surface area contributed by atoms with E-state index >= 15 is 0 Å². The second kappa shape index (κ2) is 9.14. The van der Waals surface area contributed by atoms with Crippen molar-refractivity contribution in [2.75, 3.05) is 13.2 Å². The highest BCUT2D eigenvalue weighted by Gasteiger charge is 2.28. The van der Waals surface area contributed by atoms with Crippen LogP contribution in [0.3, 0.4) is 0 Å². The highest BCUT2D eigenvalue weighted by molar-refractivity contribution is 7.48. The Kier molecular flexibility index (Phi) is 8.71. The summed E-state index contributed by atoms with van der Waals surface area (Å²) in [5.74, 6) is -1.05. The fraction of sp³-hybridized carbons (Fsp3) is 0.727. The number of allylic oxidation sites excluding steroid dienone is 1. The molecular formula is C11H21O6P. The number of carboxylic acid groups (broad SMARTS) is 1. The highest BCUT2D eigenvalue weighted by Crippen LogP contribution is 2.51. The molecule has 0 saturated carbocycles. The summed E-state index contributed by atoms with van der Waals surface area (Å²) in [6.45, 7) is 5.59. The SMILES string of the molecule is CCCC/C(=C\C(=O)O)OP(=O)(OCC)OCC. The van der Waals surface area contributed by atoms with Crippen molar-refractivity contribution in [1.82, 2.24) is 0 Å². The first-order valence-corrected chi connectivity index (χ1v) is 7.45. The number of aliphatic carboxylic acids is 1. The molecule has 0 aromatic carbocycles. The maximum Gasteiger partial charge on any atom is 0.529 e. The molecule has 0 rings (SSSR count). The van der Waals surface area contributed by atoms with Gasteiger partial charge in [-0.2, -0.15) is 0 Å². The quantitative estimate of drug-likeness (QED) is 0.375. The molecule has 0 saturated heterocycles. The van der Waals surface area contributed by atoms with Gasteiger partial charge in [0.2, 0.25) is 0 Å². The Morgan fingerprint density at radius 3 is 2.17 bits per heavy atom. The van der Waals surface area contributed by atoms with Gasteiger partial charge in [-0.1, -0.05) is 13.3 Å². The third-order valence-electron chi connectivity index (χ3n) is 1.86. The van der Waals surface area contributed by atoms with Crippen LogP contribution in [0.5, 0.6) is 0 Å². The molecule has 106 valence electrons. The standard InChI is InChI=1S/C11H21O6P/c1-4-7-8-10(9-11(12)13)17-18(14,15-5-2)16-6-3/h9H,4-8H2,1-3H3,(H,12,13)/b10-9+. The normalized spacial score (nSPS) is 12.5. The molecule has 0 unspecified atom stereocenters. The predicted molar refractivity (Wildman–Crippen MR) is 67.2 cm³/mol. The largest absolute Gasteiger partial charge is 0.529 e. The smallest absolute Gasteiger partial charge is 0.478 e. The van der Waals surface area contributed by atoms with Crippen LogP contribution >= 0.6 is 7.82 Å². The van der Waals surface area contributed by atoms with E-state index < -0.39 is 13.8 Å². The molecule has 0 fully saturated rings. The van der Waals surface area contributed by atoms with Gasteiger partial charge >= 0.3 is 13.8 Å². The number of unbranched alkanes of at least 4 members (excludes halogenated alkanes) is 1. The number of phosphoric acid groups is 1. The van der Waals surface area contributed by atoms with E-state index in [0.29, 0.717) is 6.42 Å². The molecule has 1 N–H and O–H groups in total. The first kappa shape index (κ1) is 17.2. The first-order valence-electron chi connectivity index (χ1n) is 5.99. The monoisotopic (exact) mass is 280 g/mol. The molecule has 0 aromatic rings. The Morgan fingerprint density at radius 2 is 1.78 bits per heavy atom. The lowest BCUT2D eigenvalue weighted by Gasteiger charge is -2.18. The predicted octanol–water partition coefficient (Wildman–Crippen LogP) is 3.34. The first-order chi connectivity index (χ1) is 8.47. The van der Waals surface area contributed by atoms with E-state index in [1.165, 1.54) is 0 Å². The number of carbonyl (C=O) groups is 1. The van der Waals surface area contributed by atoms with Gasteiger partial charge in [0.05, 0.1) is 19.3 Å². The molecule has 6 nitrogen and oxygen atoms in total. The van der Waals surface area contributed by atoms with Gasteiger partial charge in [-0.3, -0.25) is 9.05 Å². The lowest BCUT2D eigenvalue weighted by Crippen LogP contribution is -2.02. The van der Waals surface area contributed by atoms with Crippen LogP contribution in [0.4, 0.5) is 0 Å². The Bertz CT molecular complexity index is 315. The molecule has 7 heteroatoms. The Hall–Kier alpha value is -0.840. The minimum Gasteiger partial charge on any atom is -0.478 e. The van der Waals surface area contributed by atoms with E-state index in [1.54, 1.807) is 13.8 Å². The van der Waals surface area contributed by atoms with Crippen molar-refractivity contribution in [3.63, 3.8) is 0 Å². The molecule has 0 heterocycles. The zero-order valence-electron chi connectivity index (χ0n) is 11.0. The van der Waals surface area contributed by atoms with E-state index in [2.05, 4.69) is 0 Å². The van der Waals surface area contributed by atoms with Crippen molar-refractivity contribution in [3.05, 3.63) is 11.8 Å². The molecule has 0 aromatic heterocycles. The van der Waals surface area contributed by atoms with Gasteiger partial charge in [0.15, 0.2) is 0 Å². The average molecular weight is 280 g/mol. The number of rotatable bonds is 10. The zero-order chi connectivity index (χ0) is 14.0. The second-order valence-electron chi connectivity index (χ2n) is 3.43. The molecule has 0 bridgehead atoms. The minimum absolute atomic E-state index is 0.106. The zero-order valence-corrected chi connectivity index (χ0v) is 11.9. The minimum atomic E-state index is -3.70. The van der Waals surface area contributed by atoms with Crippen molar-refractivity contribution in [3.8, 4) is 0 Å². The van der Waals surface area contributed by atoms with E-state index in [9.17, 15) is 9.36 Å². The Labute approximate surface area is 108 Å². The topological polar surface area (TPSA) is 82.1 Å². The van der Waals surface area contributed by atoms with Crippen LogP contribution in [0.1, 0.15) is 40.0 Å². The number of hydrogen-bond acceptors (Lipinski definition) is 5. The van der Waals surface area contributed by atoms with Gasteiger partial charge in [-0.05, 0) is 20.3 Å². The lowest BCUT2D eigenvalue weighted by atomic mass is 10.2. The van der Waals surface area contributed by atoms with Crippen LogP contribution in [0.2, 0.25) is 0 Å². The fourth-order valence-electron chi connectivity index (χ4n) is 1.18. The summed E-state index contributed by atoms with van der Waals surface area (Å²) in [6.07, 6.45) is 2.87. The van der Waals surface area contributed by atoms with Gasteiger partial charge in [0.1, 0.15) is 5.76 Å². The fourth-order valence-corrected chi connectivity index (χ4v) is 2.43. The van der Waals surface area contributed by atoms with Crippen LogP contribution in [-0.2, 0) is 22.9 Å². The van der Waals surface area contributed by atoms with E-state index in [-0.39, 0.29) is 19.0 Å². The Balaban J connectivity index is 4.79. The van der Waals surface area contributed by atoms with Crippen molar-refractivity contribution in [1.29, 1.82) is 0 Å². The number of carboxylic acids is 1. The van der Waals surface area contributed by atoms with Gasteiger partial charge in [-0.25, -0.2) is 9.36 Å². The van der Waals surface area contributed by atoms with Crippen LogP contribution in [0.25, 0.3) is 0 Å². The van der Waals surface area contributed by atoms with Crippen LogP contribution < -0.4 is 0 Å². The van der Waals surface area contributed by atoms with Gasteiger partial charge in [0, 0.05) is 6.42 Å². The molecule has 0 aliphatic heterocycles. The molecule has 0 atom stereocenters. The summed E-state index contributed by atoms with van der Waals surface area (Å²) < 4.78 is 27.1. The summed E-state index contributed by atoms with van der Waals surface area (Å²) in [7, 11) is -3.70. The molecule has 0 aliphatic carbocycles.